The number of carbonyl (C=O) groups excluding carboxylic acids is 3. The minimum absolute atomic E-state index is 0.0872. The van der Waals surface area contributed by atoms with E-state index < -0.39 is 6.10 Å². The third-order valence-electron chi connectivity index (χ3n) is 15.7. The smallest absolute Gasteiger partial charge is 0.306 e. The zero-order valence-corrected chi connectivity index (χ0v) is 54.5. The van der Waals surface area contributed by atoms with Crippen LogP contribution in [0.3, 0.4) is 0 Å². The van der Waals surface area contributed by atoms with E-state index in [4.69, 9.17) is 14.2 Å². The van der Waals surface area contributed by atoms with E-state index in [1.807, 2.05) is 0 Å². The van der Waals surface area contributed by atoms with Crippen molar-refractivity contribution in [3.8, 4) is 0 Å². The second-order valence-corrected chi connectivity index (χ2v) is 23.8. The maximum absolute atomic E-state index is 12.9. The summed E-state index contributed by atoms with van der Waals surface area (Å²) < 4.78 is 16.8. The molecule has 0 radical (unpaired) electrons. The monoisotopic (exact) mass is 1140 g/mol. The summed E-state index contributed by atoms with van der Waals surface area (Å²) in [6.45, 7) is 6.48. The zero-order valence-electron chi connectivity index (χ0n) is 54.5. The second kappa shape index (κ2) is 70.1. The van der Waals surface area contributed by atoms with Crippen molar-refractivity contribution in [3.05, 3.63) is 85.1 Å². The zero-order chi connectivity index (χ0) is 59.2. The van der Waals surface area contributed by atoms with Gasteiger partial charge in [-0.3, -0.25) is 14.4 Å². The molecular weight excluding hydrogens is 1010 g/mol. The Kier molecular flexibility index (Phi) is 67.2. The lowest BCUT2D eigenvalue weighted by Crippen LogP contribution is -2.30. The van der Waals surface area contributed by atoms with Crippen molar-refractivity contribution in [1.29, 1.82) is 0 Å². The van der Waals surface area contributed by atoms with E-state index in [-0.39, 0.29) is 37.5 Å². The first-order chi connectivity index (χ1) is 40.5. The molecule has 0 bridgehead atoms. The number of hydrogen-bond donors (Lipinski definition) is 0. The summed E-state index contributed by atoms with van der Waals surface area (Å²) in [5, 5.41) is 0. The van der Waals surface area contributed by atoms with Gasteiger partial charge in [0, 0.05) is 19.3 Å². The molecule has 0 aromatic carbocycles. The van der Waals surface area contributed by atoms with E-state index in [0.717, 1.165) is 109 Å². The van der Waals surface area contributed by atoms with E-state index in [1.54, 1.807) is 0 Å². The Morgan fingerprint density at radius 1 is 0.256 bits per heavy atom. The van der Waals surface area contributed by atoms with Crippen LogP contribution in [-0.4, -0.2) is 37.2 Å². The van der Waals surface area contributed by atoms with Crippen LogP contribution in [0.2, 0.25) is 0 Å². The molecule has 0 spiro atoms. The maximum atomic E-state index is 12.9. The van der Waals surface area contributed by atoms with E-state index in [2.05, 4.69) is 106 Å². The van der Waals surface area contributed by atoms with Crippen LogP contribution in [0.5, 0.6) is 0 Å². The molecule has 0 aliphatic carbocycles. The second-order valence-electron chi connectivity index (χ2n) is 23.8. The SMILES string of the molecule is CC/C=C\C/C=C\C/C=C\C/C=C\C/C=C\C/C=C\C/C=C\CCCCCC(=O)OC(COC(=O)CCCCCCCC)COC(=O)CCCCCCCCCCCCCCCCCCCCCCCCCCCCCCCCCCC. The van der Waals surface area contributed by atoms with Gasteiger partial charge in [-0.05, 0) is 77.0 Å². The van der Waals surface area contributed by atoms with Gasteiger partial charge in [0.1, 0.15) is 13.2 Å². The lowest BCUT2D eigenvalue weighted by atomic mass is 10.0. The quantitative estimate of drug-likeness (QED) is 0.0261. The Morgan fingerprint density at radius 3 is 0.744 bits per heavy atom. The molecule has 6 heteroatoms. The fourth-order valence-corrected chi connectivity index (χ4v) is 10.4. The summed E-state index contributed by atoms with van der Waals surface area (Å²) in [7, 11) is 0. The standard InChI is InChI=1S/C76H134O6/c1-4-7-10-13-16-18-20-22-24-26-28-30-32-34-35-36-37-38-39-40-41-43-44-46-48-50-52-54-56-58-60-63-66-69-75(78)81-72-73(71-80-74(77)68-65-62-15-12-9-6-3)82-76(79)70-67-64-61-59-57-55-53-51-49-47-45-42-33-31-29-27-25-23-21-19-17-14-11-8-5-2/h8,11,17,19,23,25,29,31,42,45,49,51,55,57,73H,4-7,9-10,12-16,18,20-22,24,26-28,30,32-41,43-44,46-48,50,52-54,56,58-72H2,1-3H3/b11-8-,19-17-,25-23-,31-29-,45-42-,51-49-,57-55-. The molecule has 0 rings (SSSR count). The molecule has 0 saturated carbocycles. The Hall–Kier alpha value is -3.41. The van der Waals surface area contributed by atoms with Crippen molar-refractivity contribution in [2.75, 3.05) is 13.2 Å². The molecule has 6 nitrogen and oxygen atoms in total. The van der Waals surface area contributed by atoms with Crippen molar-refractivity contribution < 1.29 is 28.6 Å². The first kappa shape index (κ1) is 78.6. The summed E-state index contributed by atoms with van der Waals surface area (Å²) in [5.41, 5.74) is 0. The van der Waals surface area contributed by atoms with Gasteiger partial charge in [-0.15, -0.1) is 0 Å². The molecular formula is C76H134O6. The fourth-order valence-electron chi connectivity index (χ4n) is 10.4. The number of allylic oxidation sites excluding steroid dienone is 14. The summed E-state index contributed by atoms with van der Waals surface area (Å²) in [6.07, 6.45) is 93.9. The van der Waals surface area contributed by atoms with Crippen LogP contribution >= 0.6 is 0 Å². The molecule has 0 heterocycles. The highest BCUT2D eigenvalue weighted by Crippen LogP contribution is 2.18. The lowest BCUT2D eigenvalue weighted by molar-refractivity contribution is -0.167. The third kappa shape index (κ3) is 67.4. The molecule has 0 aromatic rings. The number of ether oxygens (including phenoxy) is 3. The van der Waals surface area contributed by atoms with Gasteiger partial charge in [0.05, 0.1) is 0 Å². The van der Waals surface area contributed by atoms with Crippen molar-refractivity contribution >= 4 is 17.9 Å². The molecule has 0 fully saturated rings. The van der Waals surface area contributed by atoms with Gasteiger partial charge >= 0.3 is 17.9 Å². The first-order valence-electron chi connectivity index (χ1n) is 35.6. The molecule has 0 aliphatic heterocycles. The number of rotatable bonds is 65. The topological polar surface area (TPSA) is 78.9 Å². The number of hydrogen-bond acceptors (Lipinski definition) is 6. The third-order valence-corrected chi connectivity index (χ3v) is 15.7. The van der Waals surface area contributed by atoms with E-state index in [9.17, 15) is 14.4 Å². The minimum Gasteiger partial charge on any atom is -0.462 e. The normalized spacial score (nSPS) is 12.6. The highest BCUT2D eigenvalue weighted by molar-refractivity contribution is 5.71. The molecule has 0 aliphatic rings. The molecule has 0 aromatic heterocycles. The average molecular weight is 1140 g/mol. The van der Waals surface area contributed by atoms with Crippen LogP contribution in [-0.2, 0) is 28.6 Å². The summed E-state index contributed by atoms with van der Waals surface area (Å²) in [4.78, 5) is 38.1. The number of unbranched alkanes of at least 4 members (excludes halogenated alkanes) is 40. The summed E-state index contributed by atoms with van der Waals surface area (Å²) >= 11 is 0. The maximum Gasteiger partial charge on any atom is 0.306 e. The van der Waals surface area contributed by atoms with Crippen molar-refractivity contribution in [1.82, 2.24) is 0 Å². The Labute approximate surface area is 509 Å². The van der Waals surface area contributed by atoms with Crippen LogP contribution in [0.25, 0.3) is 0 Å². The van der Waals surface area contributed by atoms with Crippen LogP contribution in [0.4, 0.5) is 0 Å². The van der Waals surface area contributed by atoms with Gasteiger partial charge in [0.25, 0.3) is 0 Å². The molecule has 1 unspecified atom stereocenters. The van der Waals surface area contributed by atoms with Gasteiger partial charge < -0.3 is 14.2 Å². The Bertz CT molecular complexity index is 1550. The van der Waals surface area contributed by atoms with Gasteiger partial charge in [0.2, 0.25) is 0 Å². The van der Waals surface area contributed by atoms with Crippen molar-refractivity contribution in [3.63, 3.8) is 0 Å². The highest BCUT2D eigenvalue weighted by atomic mass is 16.6. The van der Waals surface area contributed by atoms with Crippen LogP contribution < -0.4 is 0 Å². The molecule has 1 atom stereocenters. The highest BCUT2D eigenvalue weighted by Gasteiger charge is 2.19. The molecule has 0 N–H and O–H groups in total. The Balaban J connectivity index is 4.02. The van der Waals surface area contributed by atoms with Crippen LogP contribution in [0.1, 0.15) is 361 Å². The molecule has 474 valence electrons. The van der Waals surface area contributed by atoms with Gasteiger partial charge in [0.15, 0.2) is 6.10 Å². The largest absolute Gasteiger partial charge is 0.462 e. The van der Waals surface area contributed by atoms with Gasteiger partial charge in [-0.1, -0.05) is 350 Å². The number of carbonyl (C=O) groups is 3. The predicted octanol–water partition coefficient (Wildman–Crippen LogP) is 24.6. The van der Waals surface area contributed by atoms with Crippen LogP contribution in [0.15, 0.2) is 85.1 Å². The summed E-state index contributed by atoms with van der Waals surface area (Å²) in [6, 6.07) is 0. The minimum atomic E-state index is -0.792. The Morgan fingerprint density at radius 2 is 0.476 bits per heavy atom. The number of esters is 3. The van der Waals surface area contributed by atoms with Gasteiger partial charge in [-0.2, -0.15) is 0 Å². The lowest BCUT2D eigenvalue weighted by Gasteiger charge is -2.18. The van der Waals surface area contributed by atoms with Crippen LogP contribution in [0, 0.1) is 0 Å². The molecule has 82 heavy (non-hydrogen) atoms. The fraction of sp³-hybridized carbons (Fsp3) is 0.776. The van der Waals surface area contributed by atoms with Crippen molar-refractivity contribution in [2.24, 2.45) is 0 Å². The van der Waals surface area contributed by atoms with Crippen molar-refractivity contribution in [2.45, 2.75) is 367 Å². The molecule has 0 saturated heterocycles. The average Bonchev–Trinajstić information content (AvgIpc) is 3.47. The predicted molar refractivity (Wildman–Crippen MR) is 358 cm³/mol. The van der Waals surface area contributed by atoms with E-state index in [1.165, 1.54) is 212 Å². The molecule has 0 amide bonds. The van der Waals surface area contributed by atoms with Gasteiger partial charge in [-0.25, -0.2) is 0 Å². The summed E-state index contributed by atoms with van der Waals surface area (Å²) in [5.74, 6) is -0.917. The van der Waals surface area contributed by atoms with E-state index in [0.29, 0.717) is 12.8 Å². The van der Waals surface area contributed by atoms with E-state index >= 15 is 0 Å². The first-order valence-corrected chi connectivity index (χ1v) is 35.6.